The number of anilines is 2. The van der Waals surface area contributed by atoms with Crippen LogP contribution in [0.2, 0.25) is 5.02 Å². The van der Waals surface area contributed by atoms with Crippen molar-refractivity contribution in [3.8, 4) is 11.1 Å². The molecular formula is C21H19ClN4O. The second-order valence-electron chi connectivity index (χ2n) is 6.43. The summed E-state index contributed by atoms with van der Waals surface area (Å²) in [4.78, 5) is 23.7. The van der Waals surface area contributed by atoms with Crippen LogP contribution in [-0.2, 0) is 0 Å². The maximum absolute atomic E-state index is 12.9. The number of hydrogen-bond acceptors (Lipinski definition) is 4. The van der Waals surface area contributed by atoms with E-state index in [4.69, 9.17) is 11.6 Å². The molecule has 1 aromatic heterocycles. The number of nitrogens with one attached hydrogen (secondary N) is 1. The van der Waals surface area contributed by atoms with Crippen molar-refractivity contribution in [2.45, 2.75) is 12.8 Å². The molecule has 6 heteroatoms. The summed E-state index contributed by atoms with van der Waals surface area (Å²) in [6, 6.07) is 17.6. The Labute approximate surface area is 163 Å². The van der Waals surface area contributed by atoms with Gasteiger partial charge in [0.1, 0.15) is 0 Å². The molecule has 1 saturated heterocycles. The highest BCUT2D eigenvalue weighted by Crippen LogP contribution is 2.28. The van der Waals surface area contributed by atoms with Crippen LogP contribution in [-0.4, -0.2) is 29.0 Å². The number of para-hydroxylation sites is 1. The second kappa shape index (κ2) is 7.76. The van der Waals surface area contributed by atoms with Crippen LogP contribution >= 0.6 is 11.6 Å². The summed E-state index contributed by atoms with van der Waals surface area (Å²) in [5, 5.41) is 3.19. The monoisotopic (exact) mass is 378 g/mol. The van der Waals surface area contributed by atoms with E-state index in [2.05, 4.69) is 20.2 Å². The molecule has 1 aliphatic heterocycles. The van der Waals surface area contributed by atoms with Gasteiger partial charge in [-0.1, -0.05) is 60.1 Å². The van der Waals surface area contributed by atoms with E-state index in [0.717, 1.165) is 37.1 Å². The molecule has 0 spiro atoms. The van der Waals surface area contributed by atoms with Crippen molar-refractivity contribution in [3.63, 3.8) is 0 Å². The van der Waals surface area contributed by atoms with Crippen molar-refractivity contribution in [1.82, 2.24) is 9.97 Å². The third-order valence-electron chi connectivity index (χ3n) is 4.60. The fourth-order valence-corrected chi connectivity index (χ4v) is 3.41. The average Bonchev–Trinajstić information content (AvgIpc) is 3.24. The molecule has 2 heterocycles. The van der Waals surface area contributed by atoms with E-state index < -0.39 is 0 Å². The Morgan fingerprint density at radius 3 is 2.48 bits per heavy atom. The van der Waals surface area contributed by atoms with E-state index >= 15 is 0 Å². The molecular weight excluding hydrogens is 360 g/mol. The molecule has 27 heavy (non-hydrogen) atoms. The van der Waals surface area contributed by atoms with Gasteiger partial charge in [-0.3, -0.25) is 4.79 Å². The van der Waals surface area contributed by atoms with E-state index in [1.54, 1.807) is 0 Å². The minimum atomic E-state index is -0.341. The van der Waals surface area contributed by atoms with Crippen molar-refractivity contribution < 1.29 is 4.79 Å². The molecule has 136 valence electrons. The summed E-state index contributed by atoms with van der Waals surface area (Å²) < 4.78 is 0. The van der Waals surface area contributed by atoms with Crippen LogP contribution in [0.15, 0.2) is 60.8 Å². The van der Waals surface area contributed by atoms with Crippen LogP contribution in [0.3, 0.4) is 0 Å². The van der Waals surface area contributed by atoms with Crippen LogP contribution in [0, 0.1) is 0 Å². The third kappa shape index (κ3) is 3.78. The van der Waals surface area contributed by atoms with E-state index in [0.29, 0.717) is 11.6 Å². The van der Waals surface area contributed by atoms with Gasteiger partial charge in [0.25, 0.3) is 5.91 Å². The molecule has 1 aliphatic rings. The highest BCUT2D eigenvalue weighted by molar-refractivity contribution is 6.34. The molecule has 1 amide bonds. The number of rotatable bonds is 4. The first-order chi connectivity index (χ1) is 13.2. The van der Waals surface area contributed by atoms with Gasteiger partial charge in [-0.25, -0.2) is 9.97 Å². The predicted molar refractivity (Wildman–Crippen MR) is 108 cm³/mol. The molecule has 0 aliphatic carbocycles. The van der Waals surface area contributed by atoms with Crippen LogP contribution in [0.1, 0.15) is 23.3 Å². The molecule has 4 rings (SSSR count). The van der Waals surface area contributed by atoms with Gasteiger partial charge in [0.15, 0.2) is 5.69 Å². The first-order valence-corrected chi connectivity index (χ1v) is 9.33. The highest BCUT2D eigenvalue weighted by Gasteiger charge is 2.20. The summed E-state index contributed by atoms with van der Waals surface area (Å²) >= 11 is 6.22. The predicted octanol–water partition coefficient (Wildman–Crippen LogP) is 4.65. The molecule has 0 radical (unpaired) electrons. The standard InChI is InChI=1S/C21H19ClN4O/c22-17-14-23-21(26-12-6-7-13-26)25-19(17)20(27)24-18-11-5-4-10-16(18)15-8-2-1-3-9-15/h1-5,8-11,14H,6-7,12-13H2,(H,24,27). The summed E-state index contributed by atoms with van der Waals surface area (Å²) in [7, 11) is 0. The zero-order chi connectivity index (χ0) is 18.6. The third-order valence-corrected chi connectivity index (χ3v) is 4.87. The number of aromatic nitrogens is 2. The smallest absolute Gasteiger partial charge is 0.276 e. The number of benzene rings is 2. The molecule has 1 fully saturated rings. The second-order valence-corrected chi connectivity index (χ2v) is 6.83. The van der Waals surface area contributed by atoms with Crippen LogP contribution in [0.25, 0.3) is 11.1 Å². The summed E-state index contributed by atoms with van der Waals surface area (Å²) in [6.45, 7) is 1.80. The first kappa shape index (κ1) is 17.5. The van der Waals surface area contributed by atoms with Crippen molar-refractivity contribution in [2.24, 2.45) is 0 Å². The van der Waals surface area contributed by atoms with Gasteiger partial charge in [0.2, 0.25) is 5.95 Å². The van der Waals surface area contributed by atoms with Gasteiger partial charge in [-0.05, 0) is 24.5 Å². The molecule has 0 bridgehead atoms. The Hall–Kier alpha value is -2.92. The molecule has 1 N–H and O–H groups in total. The Kier molecular flexibility index (Phi) is 5.03. The number of amides is 1. The van der Waals surface area contributed by atoms with Gasteiger partial charge in [-0.2, -0.15) is 0 Å². The number of halogens is 1. The molecule has 0 atom stereocenters. The Morgan fingerprint density at radius 2 is 1.70 bits per heavy atom. The van der Waals surface area contributed by atoms with E-state index in [9.17, 15) is 4.79 Å². The fraction of sp³-hybridized carbons (Fsp3) is 0.190. The Balaban J connectivity index is 1.63. The van der Waals surface area contributed by atoms with Crippen molar-refractivity contribution in [2.75, 3.05) is 23.3 Å². The highest BCUT2D eigenvalue weighted by atomic mass is 35.5. The van der Waals surface area contributed by atoms with Gasteiger partial charge in [-0.15, -0.1) is 0 Å². The zero-order valence-corrected chi connectivity index (χ0v) is 15.5. The average molecular weight is 379 g/mol. The van der Waals surface area contributed by atoms with Gasteiger partial charge in [0, 0.05) is 24.3 Å². The molecule has 3 aromatic rings. The largest absolute Gasteiger partial charge is 0.341 e. The Bertz CT molecular complexity index is 955. The summed E-state index contributed by atoms with van der Waals surface area (Å²) in [5.41, 5.74) is 2.87. The van der Waals surface area contributed by atoms with Crippen LogP contribution in [0.4, 0.5) is 11.6 Å². The van der Waals surface area contributed by atoms with Gasteiger partial charge in [0.05, 0.1) is 11.2 Å². The normalized spacial score (nSPS) is 13.6. The minimum absolute atomic E-state index is 0.191. The van der Waals surface area contributed by atoms with Crippen molar-refractivity contribution in [1.29, 1.82) is 0 Å². The lowest BCUT2D eigenvalue weighted by atomic mass is 10.0. The fourth-order valence-electron chi connectivity index (χ4n) is 3.23. The quantitative estimate of drug-likeness (QED) is 0.718. The lowest BCUT2D eigenvalue weighted by molar-refractivity contribution is 0.102. The maximum atomic E-state index is 12.9. The number of hydrogen-bond donors (Lipinski definition) is 1. The number of nitrogens with zero attached hydrogens (tertiary/aromatic N) is 3. The summed E-state index contributed by atoms with van der Waals surface area (Å²) in [5.74, 6) is 0.213. The van der Waals surface area contributed by atoms with E-state index in [-0.39, 0.29) is 16.6 Å². The van der Waals surface area contributed by atoms with Crippen LogP contribution in [0.5, 0.6) is 0 Å². The topological polar surface area (TPSA) is 58.1 Å². The number of carbonyl (C=O) groups excluding carboxylic acids is 1. The lowest BCUT2D eigenvalue weighted by Gasteiger charge is -2.16. The molecule has 0 unspecified atom stereocenters. The molecule has 5 nitrogen and oxygen atoms in total. The van der Waals surface area contributed by atoms with Crippen LogP contribution < -0.4 is 10.2 Å². The maximum Gasteiger partial charge on any atom is 0.276 e. The first-order valence-electron chi connectivity index (χ1n) is 8.95. The van der Waals surface area contributed by atoms with Crippen molar-refractivity contribution in [3.05, 3.63) is 71.5 Å². The van der Waals surface area contributed by atoms with Gasteiger partial charge >= 0.3 is 0 Å². The van der Waals surface area contributed by atoms with E-state index in [1.807, 2.05) is 54.6 Å². The van der Waals surface area contributed by atoms with Crippen molar-refractivity contribution >= 4 is 29.1 Å². The zero-order valence-electron chi connectivity index (χ0n) is 14.7. The summed E-state index contributed by atoms with van der Waals surface area (Å²) in [6.07, 6.45) is 3.72. The number of carbonyl (C=O) groups is 1. The lowest BCUT2D eigenvalue weighted by Crippen LogP contribution is -2.23. The van der Waals surface area contributed by atoms with Gasteiger partial charge < -0.3 is 10.2 Å². The SMILES string of the molecule is O=C(Nc1ccccc1-c1ccccc1)c1nc(N2CCCC2)ncc1Cl. The minimum Gasteiger partial charge on any atom is -0.341 e. The molecule has 2 aromatic carbocycles. The molecule has 0 saturated carbocycles. The Morgan fingerprint density at radius 1 is 1.00 bits per heavy atom. The van der Waals surface area contributed by atoms with E-state index in [1.165, 1.54) is 6.20 Å².